The number of anilines is 1. The van der Waals surface area contributed by atoms with Gasteiger partial charge < -0.3 is 14.6 Å². The first-order chi connectivity index (χ1) is 27.7. The molecule has 3 heterocycles. The fourth-order valence-electron chi connectivity index (χ4n) is 8.60. The molecule has 14 heteroatoms. The van der Waals surface area contributed by atoms with Crippen LogP contribution in [0.1, 0.15) is 73.5 Å². The number of nitrogens with zero attached hydrogens (tertiary/aromatic N) is 4. The van der Waals surface area contributed by atoms with Gasteiger partial charge in [0, 0.05) is 72.7 Å². The summed E-state index contributed by atoms with van der Waals surface area (Å²) >= 11 is 6.24. The van der Waals surface area contributed by atoms with Crippen LogP contribution in [0.25, 0.3) is 16.6 Å². The number of hydrogen-bond acceptors (Lipinski definition) is 9. The Morgan fingerprint density at radius 2 is 1.83 bits per heavy atom. The van der Waals surface area contributed by atoms with Crippen molar-refractivity contribution in [3.63, 3.8) is 0 Å². The van der Waals surface area contributed by atoms with Crippen molar-refractivity contribution in [1.82, 2.24) is 19.6 Å². The minimum absolute atomic E-state index is 0.0104. The molecule has 12 nitrogen and oxygen atoms in total. The Balaban J connectivity index is 1.03. The van der Waals surface area contributed by atoms with Gasteiger partial charge in [-0.25, -0.2) is 18.1 Å². The molecule has 1 atom stereocenters. The van der Waals surface area contributed by atoms with Gasteiger partial charge in [-0.05, 0) is 103 Å². The molecule has 0 bridgehead atoms. The number of amides is 1. The van der Waals surface area contributed by atoms with E-state index in [4.69, 9.17) is 16.3 Å². The number of nitro benzene ring substituents is 1. The van der Waals surface area contributed by atoms with Crippen molar-refractivity contribution in [2.45, 2.75) is 64.2 Å². The molecule has 1 saturated heterocycles. The predicted octanol–water partition coefficient (Wildman–Crippen LogP) is 8.95. The summed E-state index contributed by atoms with van der Waals surface area (Å²) in [6.07, 6.45) is 8.39. The first kappa shape index (κ1) is 39.6. The highest BCUT2D eigenvalue weighted by molar-refractivity contribution is 7.90. The lowest BCUT2D eigenvalue weighted by atomic mass is 9.72. The number of aromatic nitrogens is 2. The third-order valence-electron chi connectivity index (χ3n) is 11.9. The van der Waals surface area contributed by atoms with E-state index in [1.165, 1.54) is 29.0 Å². The van der Waals surface area contributed by atoms with Gasteiger partial charge in [0.1, 0.15) is 17.1 Å². The molecule has 0 unspecified atom stereocenters. The average Bonchev–Trinajstić information content (AvgIpc) is 3.85. The Kier molecular flexibility index (Phi) is 10.8. The van der Waals surface area contributed by atoms with Crippen LogP contribution >= 0.6 is 11.6 Å². The number of benzene rings is 3. The molecule has 58 heavy (non-hydrogen) atoms. The minimum atomic E-state index is -4.50. The van der Waals surface area contributed by atoms with Gasteiger partial charge in [0.2, 0.25) is 0 Å². The number of sulfonamides is 1. The largest absolute Gasteiger partial charge is 0.455 e. The number of nitrogens with one attached hydrogen (secondary N) is 2. The maximum atomic E-state index is 13.9. The van der Waals surface area contributed by atoms with E-state index in [0.29, 0.717) is 35.4 Å². The normalized spacial score (nSPS) is 18.3. The Labute approximate surface area is 343 Å². The Morgan fingerprint density at radius 3 is 2.57 bits per heavy atom. The molecule has 0 radical (unpaired) electrons. The first-order valence-electron chi connectivity index (χ1n) is 19.8. The summed E-state index contributed by atoms with van der Waals surface area (Å²) in [4.78, 5) is 37.3. The van der Waals surface area contributed by atoms with Crippen LogP contribution in [0.2, 0.25) is 5.02 Å². The summed E-state index contributed by atoms with van der Waals surface area (Å²) in [5, 5.41) is 13.6. The zero-order valence-electron chi connectivity index (χ0n) is 32.9. The number of rotatable bonds is 11. The summed E-state index contributed by atoms with van der Waals surface area (Å²) in [6, 6.07) is 19.4. The van der Waals surface area contributed by atoms with Gasteiger partial charge in [-0.15, -0.1) is 0 Å². The molecule has 2 aromatic heterocycles. The smallest absolute Gasteiger partial charge is 0.274 e. The Hall–Kier alpha value is -5.24. The van der Waals surface area contributed by atoms with Crippen LogP contribution in [0.3, 0.4) is 0 Å². The second-order valence-corrected chi connectivity index (χ2v) is 18.6. The molecule has 8 rings (SSSR count). The molecule has 0 saturated carbocycles. The van der Waals surface area contributed by atoms with Gasteiger partial charge in [0.05, 0.1) is 21.6 Å². The summed E-state index contributed by atoms with van der Waals surface area (Å²) in [5.74, 6) is -0.210. The molecule has 1 amide bonds. The molecule has 5 aromatic rings. The van der Waals surface area contributed by atoms with Crippen molar-refractivity contribution in [1.29, 1.82) is 0 Å². The number of allylic oxidation sites excluding steroid dienone is 1. The molecule has 3 aliphatic rings. The van der Waals surface area contributed by atoms with Gasteiger partial charge in [-0.2, -0.15) is 0 Å². The van der Waals surface area contributed by atoms with Crippen LogP contribution in [-0.4, -0.2) is 66.8 Å². The van der Waals surface area contributed by atoms with E-state index < -0.39 is 20.9 Å². The number of halogens is 1. The number of hydrogen-bond donors (Lipinski definition) is 2. The monoisotopic (exact) mass is 822 g/mol. The zero-order chi connectivity index (χ0) is 40.8. The molecule has 2 aliphatic carbocycles. The number of fused-ring (bicyclic) bond motifs is 2. The van der Waals surface area contributed by atoms with Crippen LogP contribution < -0.4 is 14.4 Å². The Morgan fingerprint density at radius 1 is 1.05 bits per heavy atom. The third-order valence-corrected chi connectivity index (χ3v) is 13.5. The number of carbonyl (C=O) groups is 1. The number of carbonyl (C=O) groups excluding carboxylic acids is 1. The number of aromatic amines is 1. The summed E-state index contributed by atoms with van der Waals surface area (Å²) in [6.45, 7) is 10.7. The number of piperazine rings is 1. The maximum absolute atomic E-state index is 13.9. The van der Waals surface area contributed by atoms with Crippen LogP contribution in [0.5, 0.6) is 11.5 Å². The topological polar surface area (TPSA) is 151 Å². The highest BCUT2D eigenvalue weighted by Crippen LogP contribution is 2.44. The van der Waals surface area contributed by atoms with E-state index in [1.807, 2.05) is 25.1 Å². The standard InChI is InChI=1S/C44H47ClN6O6S/c1-4-28-19-32-22-36(24-40(51(53)54)38(32)20-28)58(55,56)48-43(52)37-10-9-34(23-41(37)57-35-21-30-12-14-46-42(30)47-26-35)50-17-15-49(16-18-50)27-31-11-13-44(2,3)25-39(31)29-5-7-33(45)8-6-29/h5-10,12,14,21-24,26,28H,4,11,13,15-20,25,27H2,1-3H3,(H,46,47)(H,48,52)/t28-/m1/s1. The van der Waals surface area contributed by atoms with Gasteiger partial charge in [0.15, 0.2) is 0 Å². The minimum Gasteiger partial charge on any atom is -0.455 e. The second-order valence-electron chi connectivity index (χ2n) is 16.5. The number of H-pyrrole nitrogens is 1. The highest BCUT2D eigenvalue weighted by atomic mass is 35.5. The molecule has 1 fully saturated rings. The summed E-state index contributed by atoms with van der Waals surface area (Å²) < 4.78 is 36.0. The van der Waals surface area contributed by atoms with E-state index in [0.717, 1.165) is 80.6 Å². The molecule has 0 spiro atoms. The van der Waals surface area contributed by atoms with E-state index in [1.54, 1.807) is 30.5 Å². The van der Waals surface area contributed by atoms with E-state index >= 15 is 0 Å². The molecule has 1 aliphatic heterocycles. The van der Waals surface area contributed by atoms with Gasteiger partial charge >= 0.3 is 0 Å². The van der Waals surface area contributed by atoms with Gasteiger partial charge in [0.25, 0.3) is 21.6 Å². The molecule has 2 N–H and O–H groups in total. The van der Waals surface area contributed by atoms with Crippen molar-refractivity contribution in [2.24, 2.45) is 11.3 Å². The van der Waals surface area contributed by atoms with Crippen molar-refractivity contribution in [3.05, 3.63) is 122 Å². The third kappa shape index (κ3) is 8.34. The maximum Gasteiger partial charge on any atom is 0.274 e. The lowest BCUT2D eigenvalue weighted by Crippen LogP contribution is -2.47. The number of ether oxygens (including phenoxy) is 1. The van der Waals surface area contributed by atoms with E-state index in [9.17, 15) is 23.3 Å². The Bertz CT molecular complexity index is 2540. The molecule has 3 aromatic carbocycles. The van der Waals surface area contributed by atoms with Crippen molar-refractivity contribution in [2.75, 3.05) is 37.6 Å². The van der Waals surface area contributed by atoms with Crippen LogP contribution in [0, 0.1) is 21.4 Å². The summed E-state index contributed by atoms with van der Waals surface area (Å²) in [7, 11) is -4.50. The van der Waals surface area contributed by atoms with E-state index in [2.05, 4.69) is 50.5 Å². The van der Waals surface area contributed by atoms with Crippen LogP contribution in [-0.2, 0) is 22.9 Å². The quantitative estimate of drug-likeness (QED) is 0.0983. The lowest BCUT2D eigenvalue weighted by molar-refractivity contribution is -0.385. The van der Waals surface area contributed by atoms with Crippen molar-refractivity contribution in [3.8, 4) is 11.5 Å². The predicted molar refractivity (Wildman–Crippen MR) is 226 cm³/mol. The van der Waals surface area contributed by atoms with Crippen molar-refractivity contribution >= 4 is 55.5 Å². The lowest BCUT2D eigenvalue weighted by Gasteiger charge is -2.39. The fourth-order valence-corrected chi connectivity index (χ4v) is 9.76. The van der Waals surface area contributed by atoms with Gasteiger partial charge in [-0.3, -0.25) is 19.8 Å². The summed E-state index contributed by atoms with van der Waals surface area (Å²) in [5.41, 5.74) is 6.77. The van der Waals surface area contributed by atoms with Crippen molar-refractivity contribution < 1.29 is 22.9 Å². The molecule has 302 valence electrons. The fraction of sp³-hybridized carbons (Fsp3) is 0.364. The first-order valence-corrected chi connectivity index (χ1v) is 21.7. The average molecular weight is 823 g/mol. The van der Waals surface area contributed by atoms with Crippen LogP contribution in [0.15, 0.2) is 89.6 Å². The van der Waals surface area contributed by atoms with Gasteiger partial charge in [-0.1, -0.05) is 56.5 Å². The van der Waals surface area contributed by atoms with Crippen LogP contribution in [0.4, 0.5) is 11.4 Å². The zero-order valence-corrected chi connectivity index (χ0v) is 34.5. The molecular formula is C44H47ClN6O6S. The second kappa shape index (κ2) is 15.8. The number of pyridine rings is 1. The highest BCUT2D eigenvalue weighted by Gasteiger charge is 2.33. The van der Waals surface area contributed by atoms with E-state index in [-0.39, 0.29) is 33.2 Å². The number of nitro groups is 1. The molecular weight excluding hydrogens is 776 g/mol. The SMILES string of the molecule is CC[C@@H]1Cc2cc(S(=O)(=O)NC(=O)c3ccc(N4CCN(CC5=C(c6ccc(Cl)cc6)CC(C)(C)CC5)CC4)cc3Oc3cnc4[nH]ccc4c3)cc([N+](=O)[O-])c2C1.